The fraction of sp³-hybridized carbons (Fsp3) is 0.133. The summed E-state index contributed by atoms with van der Waals surface area (Å²) in [4.78, 5) is 24.8. The lowest BCUT2D eigenvalue weighted by molar-refractivity contribution is 0.0840. The summed E-state index contributed by atoms with van der Waals surface area (Å²) in [6.07, 6.45) is 0. The van der Waals surface area contributed by atoms with Crippen molar-refractivity contribution in [1.82, 2.24) is 16.0 Å². The molecular weight excluding hydrogens is 318 g/mol. The van der Waals surface area contributed by atoms with Gasteiger partial charge in [0.1, 0.15) is 11.5 Å². The van der Waals surface area contributed by atoms with E-state index in [0.717, 1.165) is 4.88 Å². The molecular formula is C15H13N3O4S. The van der Waals surface area contributed by atoms with E-state index in [0.29, 0.717) is 22.8 Å². The third-order valence-corrected chi connectivity index (χ3v) is 3.97. The fourth-order valence-corrected chi connectivity index (χ4v) is 2.69. The largest absolute Gasteiger partial charge is 0.466 e. The Morgan fingerprint density at radius 2 is 1.96 bits per heavy atom. The van der Waals surface area contributed by atoms with E-state index < -0.39 is 11.8 Å². The number of hydrazine groups is 1. The van der Waals surface area contributed by atoms with Crippen molar-refractivity contribution in [3.8, 4) is 10.6 Å². The molecule has 0 aliphatic rings. The molecule has 0 aliphatic heterocycles. The monoisotopic (exact) mass is 331 g/mol. The molecule has 0 radical (unpaired) electrons. The summed E-state index contributed by atoms with van der Waals surface area (Å²) in [6.45, 7) is 3.42. The van der Waals surface area contributed by atoms with Gasteiger partial charge in [-0.1, -0.05) is 11.2 Å². The Balaban J connectivity index is 1.63. The van der Waals surface area contributed by atoms with E-state index in [4.69, 9.17) is 8.94 Å². The average molecular weight is 331 g/mol. The lowest BCUT2D eigenvalue weighted by Gasteiger charge is -2.04. The number of nitrogens with zero attached hydrogens (tertiary/aromatic N) is 1. The molecule has 118 valence electrons. The number of furan rings is 1. The van der Waals surface area contributed by atoms with Gasteiger partial charge in [0.25, 0.3) is 11.8 Å². The van der Waals surface area contributed by atoms with E-state index in [1.807, 2.05) is 17.5 Å². The number of carbonyl (C=O) groups excluding carboxylic acids is 2. The van der Waals surface area contributed by atoms with Crippen molar-refractivity contribution in [2.24, 2.45) is 0 Å². The fourth-order valence-electron chi connectivity index (χ4n) is 2.02. The normalized spacial score (nSPS) is 10.5. The Labute approximate surface area is 135 Å². The van der Waals surface area contributed by atoms with E-state index in [9.17, 15) is 9.59 Å². The smallest absolute Gasteiger partial charge is 0.291 e. The number of thiophene rings is 1. The number of amides is 2. The highest BCUT2D eigenvalue weighted by Crippen LogP contribution is 2.24. The Kier molecular flexibility index (Phi) is 3.98. The summed E-state index contributed by atoms with van der Waals surface area (Å²) in [7, 11) is 0. The van der Waals surface area contributed by atoms with E-state index in [1.165, 1.54) is 17.4 Å². The summed E-state index contributed by atoms with van der Waals surface area (Å²) < 4.78 is 10.4. The number of nitrogens with one attached hydrogen (secondary N) is 2. The lowest BCUT2D eigenvalue weighted by atomic mass is 10.2. The minimum Gasteiger partial charge on any atom is -0.466 e. The second-order valence-electron chi connectivity index (χ2n) is 4.79. The summed E-state index contributed by atoms with van der Waals surface area (Å²) in [5, 5.41) is 5.59. The van der Waals surface area contributed by atoms with Crippen molar-refractivity contribution in [2.45, 2.75) is 13.8 Å². The first-order chi connectivity index (χ1) is 11.0. The molecule has 0 aliphatic carbocycles. The standard InChI is InChI=1S/C15H13N3O4S/c1-8-6-10(9(2)21-8)14(19)16-17-15(20)11-7-12(22-18-11)13-4-3-5-23-13/h3-7H,1-2H3,(H,16,19)(H,17,20). The van der Waals surface area contributed by atoms with Gasteiger partial charge in [0, 0.05) is 6.07 Å². The van der Waals surface area contributed by atoms with Gasteiger partial charge in [-0.05, 0) is 31.4 Å². The second kappa shape index (κ2) is 6.09. The maximum absolute atomic E-state index is 12.0. The van der Waals surface area contributed by atoms with Crippen molar-refractivity contribution in [3.63, 3.8) is 0 Å². The summed E-state index contributed by atoms with van der Waals surface area (Å²) in [5.41, 5.74) is 5.05. The molecule has 7 nitrogen and oxygen atoms in total. The second-order valence-corrected chi connectivity index (χ2v) is 5.74. The highest BCUT2D eigenvalue weighted by Gasteiger charge is 2.17. The van der Waals surface area contributed by atoms with Gasteiger partial charge in [-0.15, -0.1) is 11.3 Å². The molecule has 0 saturated heterocycles. The van der Waals surface area contributed by atoms with Gasteiger partial charge < -0.3 is 8.94 Å². The Morgan fingerprint density at radius 1 is 1.17 bits per heavy atom. The van der Waals surface area contributed by atoms with Crippen LogP contribution in [-0.2, 0) is 0 Å². The third-order valence-electron chi connectivity index (χ3n) is 3.08. The van der Waals surface area contributed by atoms with Crippen molar-refractivity contribution >= 4 is 23.2 Å². The number of carbonyl (C=O) groups is 2. The zero-order chi connectivity index (χ0) is 16.4. The first-order valence-electron chi connectivity index (χ1n) is 6.73. The van der Waals surface area contributed by atoms with E-state index in [-0.39, 0.29) is 5.69 Å². The lowest BCUT2D eigenvalue weighted by Crippen LogP contribution is -2.41. The number of aryl methyl sites for hydroxylation is 2. The Hall–Kier alpha value is -2.87. The summed E-state index contributed by atoms with van der Waals surface area (Å²) >= 11 is 1.47. The third kappa shape index (κ3) is 3.16. The van der Waals surface area contributed by atoms with Crippen LogP contribution in [0.1, 0.15) is 32.4 Å². The van der Waals surface area contributed by atoms with Gasteiger partial charge in [-0.2, -0.15) is 0 Å². The van der Waals surface area contributed by atoms with Crippen LogP contribution in [0.3, 0.4) is 0 Å². The van der Waals surface area contributed by atoms with Crippen LogP contribution in [0.4, 0.5) is 0 Å². The van der Waals surface area contributed by atoms with Crippen molar-refractivity contribution < 1.29 is 18.5 Å². The molecule has 3 heterocycles. The zero-order valence-electron chi connectivity index (χ0n) is 12.4. The van der Waals surface area contributed by atoms with Crippen LogP contribution in [-0.4, -0.2) is 17.0 Å². The molecule has 2 amide bonds. The average Bonchev–Trinajstić information content (AvgIpc) is 3.24. The van der Waals surface area contributed by atoms with Gasteiger partial charge in [0.2, 0.25) is 0 Å². The number of aromatic nitrogens is 1. The zero-order valence-corrected chi connectivity index (χ0v) is 13.2. The minimum absolute atomic E-state index is 0.0776. The molecule has 0 saturated carbocycles. The molecule has 8 heteroatoms. The first-order valence-corrected chi connectivity index (χ1v) is 7.61. The molecule has 2 N–H and O–H groups in total. The molecule has 0 atom stereocenters. The summed E-state index contributed by atoms with van der Waals surface area (Å²) in [6, 6.07) is 6.85. The van der Waals surface area contributed by atoms with Crippen molar-refractivity contribution in [1.29, 1.82) is 0 Å². The predicted octanol–water partition coefficient (Wildman–Crippen LogP) is 2.69. The SMILES string of the molecule is Cc1cc(C(=O)NNC(=O)c2cc(-c3cccs3)on2)c(C)o1. The molecule has 0 unspecified atom stereocenters. The van der Waals surface area contributed by atoms with E-state index in [1.54, 1.807) is 19.9 Å². The Morgan fingerprint density at radius 3 is 2.61 bits per heavy atom. The van der Waals surface area contributed by atoms with Crippen LogP contribution in [0, 0.1) is 13.8 Å². The predicted molar refractivity (Wildman–Crippen MR) is 82.9 cm³/mol. The number of hydrogen-bond acceptors (Lipinski definition) is 6. The number of hydrogen-bond donors (Lipinski definition) is 2. The molecule has 3 aromatic heterocycles. The highest BCUT2D eigenvalue weighted by atomic mass is 32.1. The van der Waals surface area contributed by atoms with Crippen molar-refractivity contribution in [2.75, 3.05) is 0 Å². The Bertz CT molecular complexity index is 848. The maximum Gasteiger partial charge on any atom is 0.291 e. The van der Waals surface area contributed by atoms with Gasteiger partial charge in [-0.25, -0.2) is 0 Å². The van der Waals surface area contributed by atoms with Gasteiger partial charge >= 0.3 is 0 Å². The maximum atomic E-state index is 12.0. The van der Waals surface area contributed by atoms with Gasteiger partial charge in [-0.3, -0.25) is 20.4 Å². The molecule has 0 spiro atoms. The van der Waals surface area contributed by atoms with Crippen LogP contribution in [0.5, 0.6) is 0 Å². The van der Waals surface area contributed by atoms with Crippen LogP contribution < -0.4 is 10.9 Å². The van der Waals surface area contributed by atoms with Crippen LogP contribution in [0.15, 0.2) is 38.6 Å². The minimum atomic E-state index is -0.567. The summed E-state index contributed by atoms with van der Waals surface area (Å²) in [5.74, 6) is 0.571. The van der Waals surface area contributed by atoms with Gasteiger partial charge in [0.05, 0.1) is 10.4 Å². The molecule has 23 heavy (non-hydrogen) atoms. The topological polar surface area (TPSA) is 97.4 Å². The van der Waals surface area contributed by atoms with Gasteiger partial charge in [0.15, 0.2) is 11.5 Å². The highest BCUT2D eigenvalue weighted by molar-refractivity contribution is 7.13. The quantitative estimate of drug-likeness (QED) is 0.719. The first kappa shape index (κ1) is 15.0. The van der Waals surface area contributed by atoms with Crippen molar-refractivity contribution in [3.05, 3.63) is 52.4 Å². The number of rotatable bonds is 3. The molecule has 0 fully saturated rings. The molecule has 3 rings (SSSR count). The van der Waals surface area contributed by atoms with E-state index in [2.05, 4.69) is 16.0 Å². The van der Waals surface area contributed by atoms with Crippen LogP contribution in [0.2, 0.25) is 0 Å². The molecule has 0 bridgehead atoms. The van der Waals surface area contributed by atoms with Crippen LogP contribution >= 0.6 is 11.3 Å². The van der Waals surface area contributed by atoms with Crippen LogP contribution in [0.25, 0.3) is 10.6 Å². The molecule has 3 aromatic rings. The van der Waals surface area contributed by atoms with E-state index >= 15 is 0 Å². The molecule has 0 aromatic carbocycles.